The molecule has 0 saturated carbocycles. The monoisotopic (exact) mass is 394 g/mol. The van der Waals surface area contributed by atoms with Crippen LogP contribution in [-0.4, -0.2) is 27.8 Å². The number of carbonyl (C=O) groups is 3. The summed E-state index contributed by atoms with van der Waals surface area (Å²) < 4.78 is 5.56. The van der Waals surface area contributed by atoms with Crippen LogP contribution in [0.5, 0.6) is 11.6 Å². The van der Waals surface area contributed by atoms with Gasteiger partial charge in [0.25, 0.3) is 11.8 Å². The van der Waals surface area contributed by atoms with Crippen LogP contribution in [0.15, 0.2) is 66.7 Å². The lowest BCUT2D eigenvalue weighted by molar-refractivity contribution is -0.0588. The van der Waals surface area contributed by atoms with Crippen LogP contribution in [0.25, 0.3) is 0 Å². The highest BCUT2D eigenvalue weighted by Gasteiger charge is 2.39. The Hall–Kier alpha value is -3.71. The number of rotatable bonds is 4. The van der Waals surface area contributed by atoms with Crippen molar-refractivity contribution < 1.29 is 24.0 Å². The van der Waals surface area contributed by atoms with E-state index in [4.69, 9.17) is 21.2 Å². The van der Waals surface area contributed by atoms with E-state index < -0.39 is 17.8 Å². The topological polar surface area (TPSA) is 85.8 Å². The van der Waals surface area contributed by atoms with Gasteiger partial charge in [0.15, 0.2) is 5.69 Å². The number of fused-ring (bicyclic) bond motifs is 1. The number of hydrogen-bond acceptors (Lipinski definition) is 6. The van der Waals surface area contributed by atoms with Gasteiger partial charge in [-0.2, -0.15) is 0 Å². The zero-order valence-electron chi connectivity index (χ0n) is 14.2. The average molecular weight is 395 g/mol. The molecule has 2 amide bonds. The van der Waals surface area contributed by atoms with E-state index in [9.17, 15) is 14.4 Å². The van der Waals surface area contributed by atoms with E-state index >= 15 is 0 Å². The summed E-state index contributed by atoms with van der Waals surface area (Å²) in [6, 6.07) is 17.3. The molecule has 1 aromatic heterocycles. The molecule has 0 aliphatic carbocycles. The Kier molecular flexibility index (Phi) is 4.50. The summed E-state index contributed by atoms with van der Waals surface area (Å²) in [6.45, 7) is 0. The molecule has 0 N–H and O–H groups in total. The fraction of sp³-hybridized carbons (Fsp3) is 0. The van der Waals surface area contributed by atoms with Crippen molar-refractivity contribution in [3.05, 3.63) is 88.6 Å². The summed E-state index contributed by atoms with van der Waals surface area (Å²) in [5, 5.41) is 0.986. The molecule has 1 aliphatic rings. The maximum atomic E-state index is 12.4. The zero-order chi connectivity index (χ0) is 19.7. The molecule has 0 fully saturated rings. The molecule has 0 bridgehead atoms. The van der Waals surface area contributed by atoms with Crippen LogP contribution < -0.4 is 4.74 Å². The zero-order valence-corrected chi connectivity index (χ0v) is 14.9. The molecule has 2 aromatic carbocycles. The van der Waals surface area contributed by atoms with Gasteiger partial charge in [-0.15, -0.1) is 0 Å². The van der Waals surface area contributed by atoms with Crippen molar-refractivity contribution in [2.75, 3.05) is 0 Å². The molecule has 1 aliphatic heterocycles. The Morgan fingerprint density at radius 3 is 2.14 bits per heavy atom. The maximum absolute atomic E-state index is 12.4. The van der Waals surface area contributed by atoms with Gasteiger partial charge < -0.3 is 9.57 Å². The average Bonchev–Trinajstić information content (AvgIpc) is 2.95. The van der Waals surface area contributed by atoms with Gasteiger partial charge in [0.1, 0.15) is 5.75 Å². The standard InChI is InChI=1S/C20H11ClN2O5/c21-12-8-10-13(11-9-12)27-17-7-3-6-16(22-17)20(26)28-23-18(24)14-4-1-2-5-15(14)19(23)25/h1-11H. The molecule has 0 unspecified atom stereocenters. The number of benzene rings is 2. The predicted molar refractivity (Wildman–Crippen MR) is 98.1 cm³/mol. The quantitative estimate of drug-likeness (QED) is 0.624. The molecule has 28 heavy (non-hydrogen) atoms. The van der Waals surface area contributed by atoms with Crippen molar-refractivity contribution in [2.45, 2.75) is 0 Å². The summed E-state index contributed by atoms with van der Waals surface area (Å²) in [4.78, 5) is 46.0. The van der Waals surface area contributed by atoms with Crippen molar-refractivity contribution in [1.29, 1.82) is 0 Å². The largest absolute Gasteiger partial charge is 0.439 e. The molecule has 4 rings (SSSR count). The molecule has 0 saturated heterocycles. The van der Waals surface area contributed by atoms with Gasteiger partial charge in [0, 0.05) is 11.1 Å². The van der Waals surface area contributed by atoms with Crippen LogP contribution in [0.1, 0.15) is 31.2 Å². The first-order valence-electron chi connectivity index (χ1n) is 8.13. The van der Waals surface area contributed by atoms with Crippen LogP contribution in [0.2, 0.25) is 5.02 Å². The third kappa shape index (κ3) is 3.30. The Morgan fingerprint density at radius 2 is 1.50 bits per heavy atom. The third-order valence-corrected chi connectivity index (χ3v) is 4.15. The van der Waals surface area contributed by atoms with Gasteiger partial charge in [-0.25, -0.2) is 9.78 Å². The van der Waals surface area contributed by atoms with Gasteiger partial charge in [0.05, 0.1) is 11.1 Å². The lowest BCUT2D eigenvalue weighted by Gasteiger charge is -2.12. The number of ether oxygens (including phenoxy) is 1. The van der Waals surface area contributed by atoms with E-state index in [2.05, 4.69) is 4.98 Å². The Balaban J connectivity index is 1.51. The molecule has 3 aromatic rings. The Morgan fingerprint density at radius 1 is 0.857 bits per heavy atom. The number of nitrogens with zero attached hydrogens (tertiary/aromatic N) is 2. The van der Waals surface area contributed by atoms with E-state index in [0.717, 1.165) is 0 Å². The van der Waals surface area contributed by atoms with Crippen molar-refractivity contribution in [1.82, 2.24) is 10.0 Å². The number of amides is 2. The minimum absolute atomic E-state index is 0.122. The van der Waals surface area contributed by atoms with Crippen LogP contribution in [0.3, 0.4) is 0 Å². The number of halogens is 1. The summed E-state index contributed by atoms with van der Waals surface area (Å²) in [5.41, 5.74) is 0.226. The molecule has 138 valence electrons. The first kappa shape index (κ1) is 17.7. The predicted octanol–water partition coefficient (Wildman–Crippen LogP) is 3.90. The fourth-order valence-corrected chi connectivity index (χ4v) is 2.71. The van der Waals surface area contributed by atoms with Gasteiger partial charge in [-0.1, -0.05) is 34.9 Å². The second kappa shape index (κ2) is 7.13. The summed E-state index contributed by atoms with van der Waals surface area (Å²) in [6.07, 6.45) is 0. The fourth-order valence-electron chi connectivity index (χ4n) is 2.59. The number of hydrogen-bond donors (Lipinski definition) is 0. The Labute approximate surface area is 164 Å². The Bertz CT molecular complexity index is 1060. The van der Waals surface area contributed by atoms with Crippen molar-refractivity contribution in [2.24, 2.45) is 0 Å². The summed E-state index contributed by atoms with van der Waals surface area (Å²) in [5.74, 6) is -1.76. The van der Waals surface area contributed by atoms with Gasteiger partial charge in [-0.3, -0.25) is 9.59 Å². The maximum Gasteiger partial charge on any atom is 0.382 e. The van der Waals surface area contributed by atoms with E-state index in [1.54, 1.807) is 42.5 Å². The molecular formula is C20H11ClN2O5. The normalized spacial score (nSPS) is 12.7. The number of hydroxylamine groups is 2. The first-order chi connectivity index (χ1) is 13.5. The molecule has 2 heterocycles. The van der Waals surface area contributed by atoms with Crippen molar-refractivity contribution >= 4 is 29.4 Å². The highest BCUT2D eigenvalue weighted by atomic mass is 35.5. The molecule has 0 spiro atoms. The highest BCUT2D eigenvalue weighted by molar-refractivity contribution is 6.30. The van der Waals surface area contributed by atoms with E-state index in [-0.39, 0.29) is 22.7 Å². The van der Waals surface area contributed by atoms with Crippen molar-refractivity contribution in [3.8, 4) is 11.6 Å². The molecule has 8 heteroatoms. The van der Waals surface area contributed by atoms with Crippen LogP contribution in [0, 0.1) is 0 Å². The summed E-state index contributed by atoms with van der Waals surface area (Å²) in [7, 11) is 0. The minimum Gasteiger partial charge on any atom is -0.439 e. The number of pyridine rings is 1. The smallest absolute Gasteiger partial charge is 0.382 e. The van der Waals surface area contributed by atoms with Crippen LogP contribution in [-0.2, 0) is 4.84 Å². The second-order valence-electron chi connectivity index (χ2n) is 5.75. The third-order valence-electron chi connectivity index (χ3n) is 3.90. The van der Waals surface area contributed by atoms with E-state index in [1.807, 2.05) is 0 Å². The second-order valence-corrected chi connectivity index (χ2v) is 6.18. The van der Waals surface area contributed by atoms with Gasteiger partial charge in [-0.05, 0) is 42.5 Å². The lowest BCUT2D eigenvalue weighted by atomic mass is 10.1. The van der Waals surface area contributed by atoms with E-state index in [1.165, 1.54) is 24.3 Å². The van der Waals surface area contributed by atoms with Crippen LogP contribution >= 0.6 is 11.6 Å². The van der Waals surface area contributed by atoms with Gasteiger partial charge >= 0.3 is 5.97 Å². The summed E-state index contributed by atoms with van der Waals surface area (Å²) >= 11 is 5.83. The molecule has 7 nitrogen and oxygen atoms in total. The number of carbonyl (C=O) groups excluding carboxylic acids is 3. The molecular weight excluding hydrogens is 384 g/mol. The van der Waals surface area contributed by atoms with Gasteiger partial charge in [0.2, 0.25) is 5.88 Å². The molecule has 0 radical (unpaired) electrons. The minimum atomic E-state index is -0.962. The lowest BCUT2D eigenvalue weighted by Crippen LogP contribution is -2.32. The number of imide groups is 1. The molecule has 0 atom stereocenters. The number of aromatic nitrogens is 1. The van der Waals surface area contributed by atoms with E-state index in [0.29, 0.717) is 15.8 Å². The SMILES string of the molecule is O=C(ON1C(=O)c2ccccc2C1=O)c1cccc(Oc2ccc(Cl)cc2)n1. The first-order valence-corrected chi connectivity index (χ1v) is 8.51. The van der Waals surface area contributed by atoms with Crippen LogP contribution in [0.4, 0.5) is 0 Å². The van der Waals surface area contributed by atoms with Crippen molar-refractivity contribution in [3.63, 3.8) is 0 Å². The highest BCUT2D eigenvalue weighted by Crippen LogP contribution is 2.24.